The van der Waals surface area contributed by atoms with Crippen LogP contribution in [-0.2, 0) is 17.7 Å². The van der Waals surface area contributed by atoms with Gasteiger partial charge in [0.1, 0.15) is 0 Å². The van der Waals surface area contributed by atoms with Crippen molar-refractivity contribution in [2.45, 2.75) is 19.9 Å². The Hall–Kier alpha value is -1.28. The summed E-state index contributed by atoms with van der Waals surface area (Å²) in [6.07, 6.45) is 3.32. The summed E-state index contributed by atoms with van der Waals surface area (Å²) >= 11 is 0. The topological polar surface area (TPSA) is 14.2 Å². The van der Waals surface area contributed by atoms with Crippen LogP contribution >= 0.6 is 0 Å². The number of ether oxygens (including phenoxy) is 1. The maximum absolute atomic E-state index is 5.12. The molecule has 0 saturated heterocycles. The number of hydrogen-bond donors (Lipinski definition) is 0. The van der Waals surface area contributed by atoms with Gasteiger partial charge in [-0.1, -0.05) is 25.1 Å². The average molecular weight is 203 g/mol. The van der Waals surface area contributed by atoms with Crippen LogP contribution in [0.15, 0.2) is 30.5 Å². The van der Waals surface area contributed by atoms with E-state index in [1.54, 1.807) is 7.11 Å². The van der Waals surface area contributed by atoms with Crippen LogP contribution in [-0.4, -0.2) is 18.3 Å². The van der Waals surface area contributed by atoms with Crippen molar-refractivity contribution in [3.8, 4) is 0 Å². The molecule has 2 aromatic rings. The number of aromatic nitrogens is 1. The number of nitrogens with zero attached hydrogens (tertiary/aromatic N) is 1. The summed E-state index contributed by atoms with van der Waals surface area (Å²) in [6.45, 7) is 3.89. The van der Waals surface area contributed by atoms with Crippen LogP contribution in [0.3, 0.4) is 0 Å². The highest BCUT2D eigenvalue weighted by atomic mass is 16.5. The number of benzene rings is 1. The standard InChI is InChI=1S/C13H17NO/c1-3-11-10-14(8-9-15-2)13-7-5-4-6-12(11)13/h4-7,10H,3,8-9H2,1-2H3. The highest BCUT2D eigenvalue weighted by molar-refractivity contribution is 5.83. The van der Waals surface area contributed by atoms with E-state index in [1.807, 2.05) is 0 Å². The second-order valence-corrected chi connectivity index (χ2v) is 3.71. The van der Waals surface area contributed by atoms with Gasteiger partial charge < -0.3 is 9.30 Å². The molecule has 2 heteroatoms. The zero-order chi connectivity index (χ0) is 10.7. The lowest BCUT2D eigenvalue weighted by atomic mass is 10.1. The monoisotopic (exact) mass is 203 g/mol. The number of fused-ring (bicyclic) bond motifs is 1. The normalized spacial score (nSPS) is 11.1. The van der Waals surface area contributed by atoms with Crippen molar-refractivity contribution in [3.05, 3.63) is 36.0 Å². The molecule has 15 heavy (non-hydrogen) atoms. The van der Waals surface area contributed by atoms with Crippen LogP contribution < -0.4 is 0 Å². The van der Waals surface area contributed by atoms with Gasteiger partial charge in [-0.3, -0.25) is 0 Å². The number of aryl methyl sites for hydroxylation is 1. The Balaban J connectivity index is 2.45. The second kappa shape index (κ2) is 4.49. The molecule has 0 atom stereocenters. The van der Waals surface area contributed by atoms with Gasteiger partial charge in [-0.05, 0) is 18.1 Å². The van der Waals surface area contributed by atoms with Gasteiger partial charge in [-0.15, -0.1) is 0 Å². The van der Waals surface area contributed by atoms with Gasteiger partial charge in [0.2, 0.25) is 0 Å². The Bertz CT molecular complexity index is 445. The van der Waals surface area contributed by atoms with Crippen LogP contribution in [0.25, 0.3) is 10.9 Å². The first-order valence-corrected chi connectivity index (χ1v) is 5.42. The molecule has 0 bridgehead atoms. The Kier molecular flexibility index (Phi) is 3.07. The third-order valence-corrected chi connectivity index (χ3v) is 2.79. The number of methoxy groups -OCH3 is 1. The summed E-state index contributed by atoms with van der Waals surface area (Å²) < 4.78 is 7.39. The van der Waals surface area contributed by atoms with Gasteiger partial charge in [0.25, 0.3) is 0 Å². The van der Waals surface area contributed by atoms with E-state index in [2.05, 4.69) is 42.0 Å². The van der Waals surface area contributed by atoms with Gasteiger partial charge >= 0.3 is 0 Å². The first-order chi connectivity index (χ1) is 7.36. The van der Waals surface area contributed by atoms with Gasteiger partial charge in [0, 0.05) is 30.8 Å². The van der Waals surface area contributed by atoms with Crippen molar-refractivity contribution in [1.29, 1.82) is 0 Å². The van der Waals surface area contributed by atoms with Crippen LogP contribution in [0.5, 0.6) is 0 Å². The number of para-hydroxylation sites is 1. The van der Waals surface area contributed by atoms with Crippen LogP contribution in [0.1, 0.15) is 12.5 Å². The minimum atomic E-state index is 0.766. The zero-order valence-electron chi connectivity index (χ0n) is 9.36. The lowest BCUT2D eigenvalue weighted by Gasteiger charge is -2.03. The summed E-state index contributed by atoms with van der Waals surface area (Å²) in [5, 5.41) is 1.37. The maximum Gasteiger partial charge on any atom is 0.0641 e. The molecule has 80 valence electrons. The summed E-state index contributed by atoms with van der Waals surface area (Å²) in [7, 11) is 1.74. The molecule has 0 aliphatic rings. The molecule has 2 rings (SSSR count). The van der Waals surface area contributed by atoms with E-state index in [0.717, 1.165) is 19.6 Å². The molecule has 1 aromatic carbocycles. The van der Waals surface area contributed by atoms with E-state index in [-0.39, 0.29) is 0 Å². The Morgan fingerprint density at radius 3 is 2.80 bits per heavy atom. The highest BCUT2D eigenvalue weighted by Crippen LogP contribution is 2.21. The third kappa shape index (κ3) is 1.90. The number of hydrogen-bond acceptors (Lipinski definition) is 1. The van der Waals surface area contributed by atoms with Crippen molar-refractivity contribution in [2.24, 2.45) is 0 Å². The number of rotatable bonds is 4. The molecular formula is C13H17NO. The van der Waals surface area contributed by atoms with E-state index in [4.69, 9.17) is 4.74 Å². The van der Waals surface area contributed by atoms with Gasteiger partial charge in [0.05, 0.1) is 6.61 Å². The first kappa shape index (κ1) is 10.2. The lowest BCUT2D eigenvalue weighted by molar-refractivity contribution is 0.188. The summed E-state index contributed by atoms with van der Waals surface area (Å²) in [6, 6.07) is 8.55. The van der Waals surface area contributed by atoms with Crippen molar-refractivity contribution in [3.63, 3.8) is 0 Å². The molecule has 0 fully saturated rings. The Labute approximate surface area is 90.5 Å². The molecule has 0 N–H and O–H groups in total. The quantitative estimate of drug-likeness (QED) is 0.745. The van der Waals surface area contributed by atoms with Crippen LogP contribution in [0.2, 0.25) is 0 Å². The minimum absolute atomic E-state index is 0.766. The smallest absolute Gasteiger partial charge is 0.0641 e. The zero-order valence-corrected chi connectivity index (χ0v) is 9.36. The van der Waals surface area contributed by atoms with E-state index < -0.39 is 0 Å². The highest BCUT2D eigenvalue weighted by Gasteiger charge is 2.05. The van der Waals surface area contributed by atoms with Crippen molar-refractivity contribution >= 4 is 10.9 Å². The van der Waals surface area contributed by atoms with Crippen LogP contribution in [0, 0.1) is 0 Å². The predicted octanol–water partition coefficient (Wildman–Crippen LogP) is 2.85. The molecule has 0 amide bonds. The molecule has 2 nitrogen and oxygen atoms in total. The molecule has 0 aliphatic carbocycles. The Morgan fingerprint density at radius 1 is 1.27 bits per heavy atom. The Morgan fingerprint density at radius 2 is 2.07 bits per heavy atom. The largest absolute Gasteiger partial charge is 0.383 e. The van der Waals surface area contributed by atoms with E-state index in [1.165, 1.54) is 16.5 Å². The van der Waals surface area contributed by atoms with E-state index in [0.29, 0.717) is 0 Å². The first-order valence-electron chi connectivity index (χ1n) is 5.42. The molecule has 0 spiro atoms. The van der Waals surface area contributed by atoms with Gasteiger partial charge in [0.15, 0.2) is 0 Å². The lowest BCUT2D eigenvalue weighted by Crippen LogP contribution is -2.02. The molecular weight excluding hydrogens is 186 g/mol. The minimum Gasteiger partial charge on any atom is -0.383 e. The van der Waals surface area contributed by atoms with E-state index in [9.17, 15) is 0 Å². The second-order valence-electron chi connectivity index (χ2n) is 3.71. The molecule has 1 aromatic heterocycles. The fraction of sp³-hybridized carbons (Fsp3) is 0.385. The summed E-state index contributed by atoms with van der Waals surface area (Å²) in [4.78, 5) is 0. The fourth-order valence-electron chi connectivity index (χ4n) is 1.98. The van der Waals surface area contributed by atoms with Gasteiger partial charge in [-0.25, -0.2) is 0 Å². The molecule has 1 heterocycles. The average Bonchev–Trinajstić information content (AvgIpc) is 2.65. The molecule has 0 saturated carbocycles. The van der Waals surface area contributed by atoms with Crippen molar-refractivity contribution < 1.29 is 4.74 Å². The molecule has 0 aliphatic heterocycles. The van der Waals surface area contributed by atoms with E-state index >= 15 is 0 Å². The molecule has 0 unspecified atom stereocenters. The third-order valence-electron chi connectivity index (χ3n) is 2.79. The van der Waals surface area contributed by atoms with Crippen molar-refractivity contribution in [2.75, 3.05) is 13.7 Å². The van der Waals surface area contributed by atoms with Gasteiger partial charge in [-0.2, -0.15) is 0 Å². The molecule has 0 radical (unpaired) electrons. The predicted molar refractivity (Wildman–Crippen MR) is 63.2 cm³/mol. The summed E-state index contributed by atoms with van der Waals surface area (Å²) in [5.74, 6) is 0. The summed E-state index contributed by atoms with van der Waals surface area (Å²) in [5.41, 5.74) is 2.73. The fourth-order valence-corrected chi connectivity index (χ4v) is 1.98. The SMILES string of the molecule is CCc1cn(CCOC)c2ccccc12. The maximum atomic E-state index is 5.12. The van der Waals surface area contributed by atoms with Crippen molar-refractivity contribution in [1.82, 2.24) is 4.57 Å². The van der Waals surface area contributed by atoms with Crippen LogP contribution in [0.4, 0.5) is 0 Å².